The summed E-state index contributed by atoms with van der Waals surface area (Å²) in [6.07, 6.45) is 1.85. The summed E-state index contributed by atoms with van der Waals surface area (Å²) in [5.74, 6) is 0.364. The van der Waals surface area contributed by atoms with E-state index in [9.17, 15) is 4.79 Å². The van der Waals surface area contributed by atoms with E-state index in [1.165, 1.54) is 0 Å². The predicted octanol–water partition coefficient (Wildman–Crippen LogP) is -0.0772. The molecule has 2 heterocycles. The first-order valence-electron chi connectivity index (χ1n) is 4.25. The van der Waals surface area contributed by atoms with Gasteiger partial charge in [0.25, 0.3) is 0 Å². The minimum absolute atomic E-state index is 0.364. The average Bonchev–Trinajstić information content (AvgIpc) is 2.32. The van der Waals surface area contributed by atoms with Crippen LogP contribution in [0.15, 0.2) is 0 Å². The molecule has 0 aromatic carbocycles. The van der Waals surface area contributed by atoms with E-state index >= 15 is 0 Å². The maximum Gasteiger partial charge on any atom is 0.222 e. The van der Waals surface area contributed by atoms with Crippen LogP contribution in [-0.4, -0.2) is 48.4 Å². The molecular weight excluding hydrogens is 140 g/mol. The van der Waals surface area contributed by atoms with Crippen molar-refractivity contribution in [2.75, 3.05) is 26.7 Å². The highest BCUT2D eigenvalue weighted by atomic mass is 16.2. The molecule has 0 unspecified atom stereocenters. The maximum atomic E-state index is 11.2. The zero-order chi connectivity index (χ0) is 7.84. The Labute approximate surface area is 67.0 Å². The summed E-state index contributed by atoms with van der Waals surface area (Å²) < 4.78 is 0. The number of nitrogens with zero attached hydrogens (tertiary/aromatic N) is 2. The van der Waals surface area contributed by atoms with Crippen molar-refractivity contribution in [3.05, 3.63) is 0 Å². The third kappa shape index (κ3) is 1.13. The zero-order valence-electron chi connectivity index (χ0n) is 6.92. The molecule has 1 atom stereocenters. The average molecular weight is 154 g/mol. The van der Waals surface area contributed by atoms with E-state index < -0.39 is 0 Å². The summed E-state index contributed by atoms with van der Waals surface area (Å²) >= 11 is 0. The number of piperazine rings is 1. The van der Waals surface area contributed by atoms with Crippen molar-refractivity contribution in [2.45, 2.75) is 18.9 Å². The summed E-state index contributed by atoms with van der Waals surface area (Å²) in [7, 11) is 2.13. The topological polar surface area (TPSA) is 23.6 Å². The Morgan fingerprint density at radius 2 is 2.27 bits per heavy atom. The van der Waals surface area contributed by atoms with E-state index in [0.29, 0.717) is 11.9 Å². The lowest BCUT2D eigenvalue weighted by molar-refractivity contribution is -0.130. The minimum Gasteiger partial charge on any atom is -0.337 e. The van der Waals surface area contributed by atoms with Gasteiger partial charge >= 0.3 is 0 Å². The van der Waals surface area contributed by atoms with Crippen molar-refractivity contribution in [2.24, 2.45) is 0 Å². The second-order valence-corrected chi connectivity index (χ2v) is 3.54. The lowest BCUT2D eigenvalue weighted by Gasteiger charge is -2.35. The normalized spacial score (nSPS) is 32.6. The van der Waals surface area contributed by atoms with Crippen molar-refractivity contribution in [3.63, 3.8) is 0 Å². The highest BCUT2D eigenvalue weighted by Crippen LogP contribution is 2.21. The van der Waals surface area contributed by atoms with Gasteiger partial charge in [-0.25, -0.2) is 0 Å². The van der Waals surface area contributed by atoms with Crippen LogP contribution in [0.4, 0.5) is 0 Å². The second kappa shape index (κ2) is 2.48. The van der Waals surface area contributed by atoms with Gasteiger partial charge in [-0.05, 0) is 13.5 Å². The molecule has 1 amide bonds. The monoisotopic (exact) mass is 154 g/mol. The number of fused-ring (bicyclic) bond motifs is 1. The fourth-order valence-electron chi connectivity index (χ4n) is 2.02. The summed E-state index contributed by atoms with van der Waals surface area (Å²) in [6, 6.07) is 0.529. The van der Waals surface area contributed by atoms with Crippen molar-refractivity contribution < 1.29 is 4.79 Å². The SMILES string of the molecule is CN1CCN2C(=O)CC[C@H]2C1. The first-order chi connectivity index (χ1) is 5.27. The summed E-state index contributed by atoms with van der Waals surface area (Å²) in [6.45, 7) is 3.06. The molecule has 0 bridgehead atoms. The van der Waals surface area contributed by atoms with Crippen LogP contribution >= 0.6 is 0 Å². The molecule has 0 N–H and O–H groups in total. The van der Waals surface area contributed by atoms with E-state index in [0.717, 1.165) is 32.5 Å². The molecule has 2 fully saturated rings. The van der Waals surface area contributed by atoms with Gasteiger partial charge in [0.05, 0.1) is 0 Å². The third-order valence-electron chi connectivity index (χ3n) is 2.70. The van der Waals surface area contributed by atoms with E-state index in [1.54, 1.807) is 0 Å². The number of likely N-dealkylation sites (N-methyl/N-ethyl adjacent to an activating group) is 1. The summed E-state index contributed by atoms with van der Waals surface area (Å²) in [5, 5.41) is 0. The van der Waals surface area contributed by atoms with Crippen LogP contribution in [0, 0.1) is 0 Å². The number of carbonyl (C=O) groups is 1. The number of hydrogen-bond acceptors (Lipinski definition) is 2. The Morgan fingerprint density at radius 1 is 1.45 bits per heavy atom. The summed E-state index contributed by atoms with van der Waals surface area (Å²) in [5.41, 5.74) is 0. The van der Waals surface area contributed by atoms with Crippen molar-refractivity contribution in [1.82, 2.24) is 9.80 Å². The largest absolute Gasteiger partial charge is 0.337 e. The molecule has 2 rings (SSSR count). The maximum absolute atomic E-state index is 11.2. The van der Waals surface area contributed by atoms with Crippen molar-refractivity contribution in [3.8, 4) is 0 Å². The molecule has 3 nitrogen and oxygen atoms in total. The highest BCUT2D eigenvalue weighted by molar-refractivity contribution is 5.78. The number of rotatable bonds is 0. The third-order valence-corrected chi connectivity index (χ3v) is 2.70. The van der Waals surface area contributed by atoms with Gasteiger partial charge in [-0.3, -0.25) is 4.79 Å². The fourth-order valence-corrected chi connectivity index (χ4v) is 2.02. The Balaban J connectivity index is 2.06. The van der Waals surface area contributed by atoms with Gasteiger partial charge in [-0.15, -0.1) is 0 Å². The molecule has 3 heteroatoms. The van der Waals surface area contributed by atoms with Gasteiger partial charge < -0.3 is 9.80 Å². The lowest BCUT2D eigenvalue weighted by Crippen LogP contribution is -2.49. The fraction of sp³-hybridized carbons (Fsp3) is 0.875. The molecule has 2 aliphatic rings. The van der Waals surface area contributed by atoms with E-state index in [2.05, 4.69) is 11.9 Å². The molecule has 11 heavy (non-hydrogen) atoms. The summed E-state index contributed by atoms with van der Waals surface area (Å²) in [4.78, 5) is 15.6. The predicted molar refractivity (Wildman–Crippen MR) is 42.2 cm³/mol. The molecule has 2 saturated heterocycles. The molecule has 0 saturated carbocycles. The van der Waals surface area contributed by atoms with Crippen molar-refractivity contribution >= 4 is 5.91 Å². The van der Waals surface area contributed by atoms with Crippen LogP contribution in [0.5, 0.6) is 0 Å². The van der Waals surface area contributed by atoms with E-state index in [1.807, 2.05) is 4.90 Å². The van der Waals surface area contributed by atoms with Crippen LogP contribution in [0.2, 0.25) is 0 Å². The standard InChI is InChI=1S/C8H14N2O/c1-9-4-5-10-7(6-9)2-3-8(10)11/h7H,2-6H2,1H3/t7-/m0/s1. The molecular formula is C8H14N2O. The lowest BCUT2D eigenvalue weighted by atomic mass is 10.2. The molecule has 0 aliphatic carbocycles. The molecule has 2 aliphatic heterocycles. The van der Waals surface area contributed by atoms with Gasteiger partial charge in [0, 0.05) is 32.1 Å². The number of carbonyl (C=O) groups excluding carboxylic acids is 1. The zero-order valence-corrected chi connectivity index (χ0v) is 6.92. The molecule has 0 radical (unpaired) electrons. The van der Waals surface area contributed by atoms with Crippen LogP contribution in [0.25, 0.3) is 0 Å². The Kier molecular flexibility index (Phi) is 1.60. The molecule has 0 aromatic heterocycles. The highest BCUT2D eigenvalue weighted by Gasteiger charge is 2.33. The first kappa shape index (κ1) is 7.10. The van der Waals surface area contributed by atoms with E-state index in [4.69, 9.17) is 0 Å². The Hall–Kier alpha value is -0.570. The van der Waals surface area contributed by atoms with Gasteiger partial charge in [-0.1, -0.05) is 0 Å². The van der Waals surface area contributed by atoms with E-state index in [-0.39, 0.29) is 0 Å². The van der Waals surface area contributed by atoms with Gasteiger partial charge in [0.2, 0.25) is 5.91 Å². The number of hydrogen-bond donors (Lipinski definition) is 0. The smallest absolute Gasteiger partial charge is 0.222 e. The van der Waals surface area contributed by atoms with Gasteiger partial charge in [0.1, 0.15) is 0 Å². The molecule has 0 spiro atoms. The Bertz CT molecular complexity index is 181. The minimum atomic E-state index is 0.364. The second-order valence-electron chi connectivity index (χ2n) is 3.54. The molecule has 0 aromatic rings. The van der Waals surface area contributed by atoms with Crippen LogP contribution in [0.3, 0.4) is 0 Å². The van der Waals surface area contributed by atoms with Gasteiger partial charge in [0.15, 0.2) is 0 Å². The van der Waals surface area contributed by atoms with Crippen LogP contribution in [0.1, 0.15) is 12.8 Å². The first-order valence-corrected chi connectivity index (χ1v) is 4.25. The van der Waals surface area contributed by atoms with Crippen LogP contribution in [-0.2, 0) is 4.79 Å². The Morgan fingerprint density at radius 3 is 3.09 bits per heavy atom. The number of amides is 1. The van der Waals surface area contributed by atoms with Crippen LogP contribution < -0.4 is 0 Å². The molecule has 62 valence electrons. The van der Waals surface area contributed by atoms with Gasteiger partial charge in [-0.2, -0.15) is 0 Å². The quantitative estimate of drug-likeness (QED) is 0.487. The van der Waals surface area contributed by atoms with Crippen molar-refractivity contribution in [1.29, 1.82) is 0 Å².